The van der Waals surface area contributed by atoms with Crippen molar-refractivity contribution >= 4 is 22.6 Å². The second kappa shape index (κ2) is 5.61. The number of nitrogens with zero attached hydrogens (tertiary/aromatic N) is 1. The van der Waals surface area contributed by atoms with Gasteiger partial charge in [0, 0.05) is 23.6 Å². The van der Waals surface area contributed by atoms with Crippen molar-refractivity contribution in [2.45, 2.75) is 6.92 Å². The lowest BCUT2D eigenvalue weighted by Gasteiger charge is -2.07. The van der Waals surface area contributed by atoms with Crippen LogP contribution in [0.1, 0.15) is 5.56 Å². The number of fused-ring (bicyclic) bond motifs is 1. The maximum absolute atomic E-state index is 11.3. The number of ether oxygens (including phenoxy) is 2. The summed E-state index contributed by atoms with van der Waals surface area (Å²) in [5.74, 6) is -0.860. The lowest BCUT2D eigenvalue weighted by molar-refractivity contribution is -0.385. The molecule has 0 aliphatic carbocycles. The van der Waals surface area contributed by atoms with Crippen molar-refractivity contribution in [2.75, 3.05) is 13.7 Å². The first-order chi connectivity index (χ1) is 9.92. The molecule has 0 unspecified atom stereocenters. The highest BCUT2D eigenvalue weighted by Gasteiger charge is 2.20. The highest BCUT2D eigenvalue weighted by Crippen LogP contribution is 2.32. The Hall–Kier alpha value is -2.90. The summed E-state index contributed by atoms with van der Waals surface area (Å²) >= 11 is 0. The van der Waals surface area contributed by atoms with E-state index in [9.17, 15) is 19.7 Å². The van der Waals surface area contributed by atoms with E-state index in [1.807, 2.05) is 0 Å². The Morgan fingerprint density at radius 3 is 2.71 bits per heavy atom. The van der Waals surface area contributed by atoms with Crippen LogP contribution in [0.4, 0.5) is 5.69 Å². The summed E-state index contributed by atoms with van der Waals surface area (Å²) in [5.41, 5.74) is -0.217. The number of nitro benzene ring substituents is 1. The van der Waals surface area contributed by atoms with E-state index in [-0.39, 0.29) is 17.0 Å². The molecule has 0 N–H and O–H groups in total. The summed E-state index contributed by atoms with van der Waals surface area (Å²) in [5, 5.41) is 11.5. The van der Waals surface area contributed by atoms with Gasteiger partial charge < -0.3 is 13.9 Å². The van der Waals surface area contributed by atoms with Gasteiger partial charge in [-0.2, -0.15) is 0 Å². The molecule has 2 aromatic rings. The smallest absolute Gasteiger partial charge is 0.343 e. The van der Waals surface area contributed by atoms with Gasteiger partial charge in [-0.1, -0.05) is 0 Å². The molecule has 2 rings (SSSR count). The van der Waals surface area contributed by atoms with Crippen molar-refractivity contribution in [1.82, 2.24) is 0 Å². The number of methoxy groups -OCH3 is 1. The Morgan fingerprint density at radius 2 is 2.10 bits per heavy atom. The summed E-state index contributed by atoms with van der Waals surface area (Å²) in [6.07, 6.45) is 0. The minimum atomic E-state index is -0.685. The number of hydrogen-bond acceptors (Lipinski definition) is 7. The molecule has 1 aromatic carbocycles. The highest BCUT2D eigenvalue weighted by molar-refractivity contribution is 5.85. The predicted octanol–water partition coefficient (Wildman–Crippen LogP) is 1.56. The van der Waals surface area contributed by atoms with Crippen LogP contribution in [0.2, 0.25) is 0 Å². The van der Waals surface area contributed by atoms with Crippen molar-refractivity contribution in [3.8, 4) is 5.75 Å². The third-order valence-corrected chi connectivity index (χ3v) is 2.80. The molecule has 0 spiro atoms. The van der Waals surface area contributed by atoms with Gasteiger partial charge in [0.15, 0.2) is 6.61 Å². The second-order valence-corrected chi connectivity index (χ2v) is 4.19. The van der Waals surface area contributed by atoms with Crippen LogP contribution >= 0.6 is 0 Å². The lowest BCUT2D eigenvalue weighted by atomic mass is 10.1. The first-order valence-electron chi connectivity index (χ1n) is 5.85. The van der Waals surface area contributed by atoms with Crippen LogP contribution in [-0.2, 0) is 9.53 Å². The number of esters is 1. The summed E-state index contributed by atoms with van der Waals surface area (Å²) < 4.78 is 14.4. The molecule has 1 aromatic heterocycles. The molecule has 0 saturated carbocycles. The predicted molar refractivity (Wildman–Crippen MR) is 71.4 cm³/mol. The fraction of sp³-hybridized carbons (Fsp3) is 0.231. The molecular weight excluding hydrogens is 282 g/mol. The molecule has 8 heteroatoms. The summed E-state index contributed by atoms with van der Waals surface area (Å²) in [4.78, 5) is 32.8. The van der Waals surface area contributed by atoms with Gasteiger partial charge in [-0.25, -0.2) is 9.59 Å². The summed E-state index contributed by atoms with van der Waals surface area (Å²) in [6.45, 7) is 1.15. The van der Waals surface area contributed by atoms with Crippen molar-refractivity contribution in [1.29, 1.82) is 0 Å². The zero-order valence-electron chi connectivity index (χ0n) is 11.2. The molecule has 8 nitrogen and oxygen atoms in total. The number of hydrogen-bond donors (Lipinski definition) is 0. The molecule has 21 heavy (non-hydrogen) atoms. The van der Waals surface area contributed by atoms with Gasteiger partial charge in [-0.15, -0.1) is 0 Å². The molecule has 0 saturated heterocycles. The zero-order valence-corrected chi connectivity index (χ0v) is 11.2. The normalized spacial score (nSPS) is 10.4. The molecule has 0 aliphatic heterocycles. The minimum absolute atomic E-state index is 0.144. The maximum Gasteiger partial charge on any atom is 0.343 e. The van der Waals surface area contributed by atoms with Gasteiger partial charge in [0.05, 0.1) is 12.0 Å². The van der Waals surface area contributed by atoms with Crippen molar-refractivity contribution in [3.63, 3.8) is 0 Å². The van der Waals surface area contributed by atoms with E-state index in [2.05, 4.69) is 4.74 Å². The number of carbonyl (C=O) groups is 1. The number of carbonyl (C=O) groups excluding carboxylic acids is 1. The van der Waals surface area contributed by atoms with Crippen LogP contribution in [0.3, 0.4) is 0 Å². The van der Waals surface area contributed by atoms with E-state index >= 15 is 0 Å². The van der Waals surface area contributed by atoms with E-state index in [1.54, 1.807) is 6.92 Å². The minimum Gasteiger partial charge on any atom is -0.475 e. The Morgan fingerprint density at radius 1 is 1.38 bits per heavy atom. The van der Waals surface area contributed by atoms with Crippen LogP contribution in [0.15, 0.2) is 27.4 Å². The summed E-state index contributed by atoms with van der Waals surface area (Å²) in [6, 6.07) is 3.69. The number of aryl methyl sites for hydroxylation is 1. The molecule has 0 fully saturated rings. The SMILES string of the molecule is COC(=O)COc1cc2oc(=O)cc(C)c2cc1[N+](=O)[O-]. The van der Waals surface area contributed by atoms with Crippen LogP contribution < -0.4 is 10.4 Å². The fourth-order valence-corrected chi connectivity index (χ4v) is 1.79. The van der Waals surface area contributed by atoms with Crippen LogP contribution in [0, 0.1) is 17.0 Å². The lowest BCUT2D eigenvalue weighted by Crippen LogP contribution is -2.13. The molecule has 110 valence electrons. The van der Waals surface area contributed by atoms with Gasteiger partial charge in [0.1, 0.15) is 5.58 Å². The highest BCUT2D eigenvalue weighted by atomic mass is 16.6. The summed E-state index contributed by atoms with van der Waals surface area (Å²) in [7, 11) is 1.17. The van der Waals surface area contributed by atoms with Gasteiger partial charge in [0.2, 0.25) is 5.75 Å². The Kier molecular flexibility index (Phi) is 3.88. The standard InChI is InChI=1S/C13H11NO7/c1-7-3-12(15)21-10-5-11(20-6-13(16)19-2)9(14(17)18)4-8(7)10/h3-5H,6H2,1-2H3. The van der Waals surface area contributed by atoms with E-state index < -0.39 is 23.1 Å². The molecule has 0 bridgehead atoms. The van der Waals surface area contributed by atoms with Gasteiger partial charge in [0.25, 0.3) is 0 Å². The van der Waals surface area contributed by atoms with E-state index in [4.69, 9.17) is 9.15 Å². The van der Waals surface area contributed by atoms with Crippen LogP contribution in [0.5, 0.6) is 5.75 Å². The quantitative estimate of drug-likeness (QED) is 0.364. The Balaban J connectivity index is 2.56. The van der Waals surface area contributed by atoms with Gasteiger partial charge >= 0.3 is 17.3 Å². The Bertz CT molecular complexity index is 778. The van der Waals surface area contributed by atoms with Crippen molar-refractivity contribution in [2.24, 2.45) is 0 Å². The molecule has 0 aliphatic rings. The largest absolute Gasteiger partial charge is 0.475 e. The third kappa shape index (κ3) is 2.99. The average molecular weight is 293 g/mol. The number of rotatable bonds is 4. The maximum atomic E-state index is 11.3. The number of benzene rings is 1. The van der Waals surface area contributed by atoms with Gasteiger partial charge in [-0.05, 0) is 12.5 Å². The molecule has 0 atom stereocenters. The molecule has 0 radical (unpaired) electrons. The first kappa shape index (κ1) is 14.5. The van der Waals surface area contributed by atoms with E-state index in [1.165, 1.54) is 25.3 Å². The monoisotopic (exact) mass is 293 g/mol. The van der Waals surface area contributed by atoms with Crippen LogP contribution in [0.25, 0.3) is 11.0 Å². The van der Waals surface area contributed by atoms with E-state index in [0.717, 1.165) is 0 Å². The Labute approximate surface area is 118 Å². The molecular formula is C13H11NO7. The number of nitro groups is 1. The average Bonchev–Trinajstić information content (AvgIpc) is 2.43. The zero-order chi connectivity index (χ0) is 15.6. The first-order valence-corrected chi connectivity index (χ1v) is 5.85. The van der Waals surface area contributed by atoms with Crippen molar-refractivity contribution in [3.05, 3.63) is 44.3 Å². The third-order valence-electron chi connectivity index (χ3n) is 2.80. The topological polar surface area (TPSA) is 109 Å². The van der Waals surface area contributed by atoms with Crippen LogP contribution in [-0.4, -0.2) is 24.6 Å². The second-order valence-electron chi connectivity index (χ2n) is 4.19. The fourth-order valence-electron chi connectivity index (χ4n) is 1.79. The molecule has 1 heterocycles. The molecule has 0 amide bonds. The van der Waals surface area contributed by atoms with Gasteiger partial charge in [-0.3, -0.25) is 10.1 Å². The van der Waals surface area contributed by atoms with E-state index in [0.29, 0.717) is 10.9 Å². The van der Waals surface area contributed by atoms with Crippen molar-refractivity contribution < 1.29 is 23.6 Å².